The fourth-order valence-electron chi connectivity index (χ4n) is 2.29. The van der Waals surface area contributed by atoms with Crippen LogP contribution in [0.2, 0.25) is 0 Å². The number of amides is 2. The summed E-state index contributed by atoms with van der Waals surface area (Å²) in [6.07, 6.45) is 0.317. The molecule has 0 radical (unpaired) electrons. The fraction of sp³-hybridized carbons (Fsp3) is 0.312. The smallest absolute Gasteiger partial charge is 0.256 e. The van der Waals surface area contributed by atoms with Crippen LogP contribution in [0.15, 0.2) is 28.8 Å². The molecule has 0 aliphatic heterocycles. The Morgan fingerprint density at radius 2 is 1.96 bits per heavy atom. The molecule has 6 nitrogen and oxygen atoms in total. The lowest BCUT2D eigenvalue weighted by molar-refractivity contribution is -0.121. The van der Waals surface area contributed by atoms with Crippen LogP contribution in [0.3, 0.4) is 0 Å². The zero-order valence-corrected chi connectivity index (χ0v) is 12.9. The molecule has 23 heavy (non-hydrogen) atoms. The predicted octanol–water partition coefficient (Wildman–Crippen LogP) is 1.50. The van der Waals surface area contributed by atoms with Crippen LogP contribution >= 0.6 is 0 Å². The van der Waals surface area contributed by atoms with Crippen molar-refractivity contribution < 1.29 is 18.5 Å². The molecule has 1 aromatic carbocycles. The molecular formula is C16H18FN3O3. The van der Waals surface area contributed by atoms with E-state index in [4.69, 9.17) is 10.3 Å². The molecule has 0 saturated carbocycles. The van der Waals surface area contributed by atoms with Crippen molar-refractivity contribution >= 4 is 11.8 Å². The third-order valence-corrected chi connectivity index (χ3v) is 3.57. The summed E-state index contributed by atoms with van der Waals surface area (Å²) >= 11 is 0. The Labute approximate surface area is 132 Å². The van der Waals surface area contributed by atoms with Gasteiger partial charge in [0.25, 0.3) is 5.91 Å². The van der Waals surface area contributed by atoms with Crippen molar-refractivity contribution in [3.63, 3.8) is 0 Å². The van der Waals surface area contributed by atoms with Gasteiger partial charge in [-0.05, 0) is 38.0 Å². The molecule has 1 unspecified atom stereocenters. The molecule has 0 bridgehead atoms. The maximum absolute atomic E-state index is 12.9. The first-order chi connectivity index (χ1) is 10.9. The van der Waals surface area contributed by atoms with Crippen molar-refractivity contribution in [2.24, 2.45) is 11.7 Å². The molecule has 0 spiro atoms. The number of hydrogen-bond donors (Lipinski definition) is 2. The number of aryl methyl sites for hydroxylation is 2. The van der Waals surface area contributed by atoms with Gasteiger partial charge in [-0.2, -0.15) is 0 Å². The Morgan fingerprint density at radius 3 is 2.48 bits per heavy atom. The Kier molecular flexibility index (Phi) is 5.10. The van der Waals surface area contributed by atoms with Crippen LogP contribution in [0.25, 0.3) is 0 Å². The zero-order valence-electron chi connectivity index (χ0n) is 12.9. The minimum absolute atomic E-state index is 0.0790. The first-order valence-corrected chi connectivity index (χ1v) is 7.13. The highest BCUT2D eigenvalue weighted by atomic mass is 19.1. The molecule has 1 aromatic heterocycles. The number of carbonyl (C=O) groups is 2. The van der Waals surface area contributed by atoms with Gasteiger partial charge >= 0.3 is 0 Å². The first kappa shape index (κ1) is 16.7. The van der Waals surface area contributed by atoms with Crippen LogP contribution in [0.1, 0.15) is 27.4 Å². The number of rotatable bonds is 6. The number of nitrogens with zero attached hydrogens (tertiary/aromatic N) is 1. The van der Waals surface area contributed by atoms with E-state index in [1.165, 1.54) is 12.1 Å². The van der Waals surface area contributed by atoms with E-state index in [0.717, 1.165) is 5.56 Å². The highest BCUT2D eigenvalue weighted by Gasteiger charge is 2.21. The molecule has 3 N–H and O–H groups in total. The van der Waals surface area contributed by atoms with Crippen molar-refractivity contribution in [3.8, 4) is 0 Å². The summed E-state index contributed by atoms with van der Waals surface area (Å²) in [5.41, 5.74) is 6.99. The average molecular weight is 319 g/mol. The molecule has 0 aliphatic carbocycles. The van der Waals surface area contributed by atoms with Crippen LogP contribution in [0.4, 0.5) is 4.39 Å². The van der Waals surface area contributed by atoms with E-state index in [0.29, 0.717) is 23.4 Å². The molecule has 0 fully saturated rings. The quantitative estimate of drug-likeness (QED) is 0.843. The summed E-state index contributed by atoms with van der Waals surface area (Å²) in [5, 5.41) is 6.38. The van der Waals surface area contributed by atoms with E-state index in [1.54, 1.807) is 26.0 Å². The van der Waals surface area contributed by atoms with Gasteiger partial charge in [0.2, 0.25) is 5.91 Å². The topological polar surface area (TPSA) is 98.2 Å². The van der Waals surface area contributed by atoms with Crippen LogP contribution < -0.4 is 11.1 Å². The normalized spacial score (nSPS) is 12.0. The van der Waals surface area contributed by atoms with E-state index in [-0.39, 0.29) is 18.3 Å². The third-order valence-electron chi connectivity index (χ3n) is 3.57. The van der Waals surface area contributed by atoms with E-state index >= 15 is 0 Å². The molecule has 0 saturated heterocycles. The Hall–Kier alpha value is -2.70. The van der Waals surface area contributed by atoms with Crippen LogP contribution in [0.5, 0.6) is 0 Å². The maximum atomic E-state index is 12.9. The van der Waals surface area contributed by atoms with Gasteiger partial charge in [0, 0.05) is 6.54 Å². The summed E-state index contributed by atoms with van der Waals surface area (Å²) in [6.45, 7) is 3.38. The monoisotopic (exact) mass is 319 g/mol. The van der Waals surface area contributed by atoms with E-state index < -0.39 is 11.8 Å². The number of primary amides is 1. The number of aromatic nitrogens is 1. The molecule has 2 aromatic rings. The average Bonchev–Trinajstić information content (AvgIpc) is 2.84. The molecule has 1 atom stereocenters. The molecule has 0 aliphatic rings. The van der Waals surface area contributed by atoms with Gasteiger partial charge in [-0.3, -0.25) is 9.59 Å². The summed E-state index contributed by atoms with van der Waals surface area (Å²) in [4.78, 5) is 23.7. The lowest BCUT2D eigenvalue weighted by Gasteiger charge is -2.14. The van der Waals surface area contributed by atoms with Gasteiger partial charge in [-0.1, -0.05) is 17.3 Å². The van der Waals surface area contributed by atoms with Crippen molar-refractivity contribution in [2.75, 3.05) is 6.54 Å². The highest BCUT2D eigenvalue weighted by Crippen LogP contribution is 2.13. The fourth-order valence-corrected chi connectivity index (χ4v) is 2.29. The molecule has 122 valence electrons. The molecule has 1 heterocycles. The molecule has 2 amide bonds. The number of nitrogens with two attached hydrogens (primary N) is 1. The number of hydrogen-bond acceptors (Lipinski definition) is 4. The van der Waals surface area contributed by atoms with Crippen LogP contribution in [-0.2, 0) is 11.2 Å². The van der Waals surface area contributed by atoms with Gasteiger partial charge < -0.3 is 15.6 Å². The first-order valence-electron chi connectivity index (χ1n) is 7.13. The summed E-state index contributed by atoms with van der Waals surface area (Å²) in [7, 11) is 0. The third kappa shape index (κ3) is 4.15. The predicted molar refractivity (Wildman–Crippen MR) is 81.1 cm³/mol. The Morgan fingerprint density at radius 1 is 1.30 bits per heavy atom. The van der Waals surface area contributed by atoms with Crippen LogP contribution in [-0.4, -0.2) is 23.5 Å². The van der Waals surface area contributed by atoms with Gasteiger partial charge in [-0.15, -0.1) is 0 Å². The number of carbonyl (C=O) groups excluding carboxylic acids is 2. The Bertz CT molecular complexity index is 690. The molecular weight excluding hydrogens is 301 g/mol. The highest BCUT2D eigenvalue weighted by molar-refractivity contribution is 5.96. The van der Waals surface area contributed by atoms with Crippen molar-refractivity contribution in [1.29, 1.82) is 0 Å². The minimum Gasteiger partial charge on any atom is -0.369 e. The van der Waals surface area contributed by atoms with Crippen molar-refractivity contribution in [2.45, 2.75) is 20.3 Å². The summed E-state index contributed by atoms with van der Waals surface area (Å²) < 4.78 is 17.8. The van der Waals surface area contributed by atoms with Gasteiger partial charge in [-0.25, -0.2) is 4.39 Å². The maximum Gasteiger partial charge on any atom is 0.256 e. The van der Waals surface area contributed by atoms with E-state index in [2.05, 4.69) is 10.5 Å². The molecule has 7 heteroatoms. The second-order valence-corrected chi connectivity index (χ2v) is 5.34. The van der Waals surface area contributed by atoms with Gasteiger partial charge in [0.15, 0.2) is 0 Å². The second kappa shape index (κ2) is 7.04. The standard InChI is InChI=1S/C16H18FN3O3/c1-9-14(10(2)23-20-9)16(22)19-8-12(15(18)21)7-11-3-5-13(17)6-4-11/h3-6,12H,7-8H2,1-2H3,(H2,18,21)(H,19,22). The second-order valence-electron chi connectivity index (χ2n) is 5.34. The lowest BCUT2D eigenvalue weighted by atomic mass is 9.98. The Balaban J connectivity index is 2.01. The summed E-state index contributed by atoms with van der Waals surface area (Å²) in [5.74, 6) is -1.44. The van der Waals surface area contributed by atoms with Crippen LogP contribution in [0, 0.1) is 25.6 Å². The van der Waals surface area contributed by atoms with Crippen molar-refractivity contribution in [1.82, 2.24) is 10.5 Å². The number of benzene rings is 1. The SMILES string of the molecule is Cc1noc(C)c1C(=O)NCC(Cc1ccc(F)cc1)C(N)=O. The minimum atomic E-state index is -0.593. The largest absolute Gasteiger partial charge is 0.369 e. The van der Waals surface area contributed by atoms with Gasteiger partial charge in [0.05, 0.1) is 11.6 Å². The van der Waals surface area contributed by atoms with E-state index in [9.17, 15) is 14.0 Å². The van der Waals surface area contributed by atoms with Gasteiger partial charge in [0.1, 0.15) is 17.1 Å². The zero-order chi connectivity index (χ0) is 17.0. The lowest BCUT2D eigenvalue weighted by Crippen LogP contribution is -2.37. The summed E-state index contributed by atoms with van der Waals surface area (Å²) in [6, 6.07) is 5.80. The molecule has 2 rings (SSSR count). The number of nitrogens with one attached hydrogen (secondary N) is 1. The number of halogens is 1. The van der Waals surface area contributed by atoms with Crippen molar-refractivity contribution in [3.05, 3.63) is 52.7 Å². The van der Waals surface area contributed by atoms with E-state index in [1.807, 2.05) is 0 Å².